The number of benzene rings is 1. The molecule has 1 aromatic carbocycles. The van der Waals surface area contributed by atoms with Gasteiger partial charge in [0.2, 0.25) is 11.8 Å². The van der Waals surface area contributed by atoms with Gasteiger partial charge in [-0.3, -0.25) is 19.3 Å². The van der Waals surface area contributed by atoms with Gasteiger partial charge in [0.15, 0.2) is 6.61 Å². The molecule has 1 heterocycles. The molecule has 0 radical (unpaired) electrons. The summed E-state index contributed by atoms with van der Waals surface area (Å²) in [6.07, 6.45) is 2.88. The van der Waals surface area contributed by atoms with Crippen LogP contribution in [0.1, 0.15) is 33.1 Å². The van der Waals surface area contributed by atoms with Crippen molar-refractivity contribution in [2.75, 3.05) is 18.5 Å². The van der Waals surface area contributed by atoms with Crippen LogP contribution in [0.25, 0.3) is 0 Å². The zero-order chi connectivity index (χ0) is 21.4. The highest BCUT2D eigenvalue weighted by molar-refractivity contribution is 6.08. The minimum absolute atomic E-state index is 0.251. The average Bonchev–Trinajstić information content (AvgIpc) is 3.41. The summed E-state index contributed by atoms with van der Waals surface area (Å²) in [6.45, 7) is 3.24. The number of rotatable bonds is 7. The molecule has 0 unspecified atom stereocenters. The number of para-hydroxylation sites is 2. The molecule has 30 heavy (non-hydrogen) atoms. The van der Waals surface area contributed by atoms with Crippen molar-refractivity contribution in [1.29, 1.82) is 0 Å². The second-order valence-corrected chi connectivity index (χ2v) is 8.19. The van der Waals surface area contributed by atoms with Crippen LogP contribution in [0.5, 0.6) is 5.75 Å². The Morgan fingerprint density at radius 1 is 1.13 bits per heavy atom. The van der Waals surface area contributed by atoms with Crippen molar-refractivity contribution in [2.45, 2.75) is 39.2 Å². The van der Waals surface area contributed by atoms with Crippen LogP contribution in [0.15, 0.2) is 24.3 Å². The van der Waals surface area contributed by atoms with Crippen molar-refractivity contribution in [3.8, 4) is 5.75 Å². The van der Waals surface area contributed by atoms with Gasteiger partial charge < -0.3 is 14.8 Å². The van der Waals surface area contributed by atoms with Gasteiger partial charge in [-0.1, -0.05) is 12.1 Å². The summed E-state index contributed by atoms with van der Waals surface area (Å²) in [5, 5.41) is 2.64. The lowest BCUT2D eigenvalue weighted by Crippen LogP contribution is -2.45. The molecule has 1 aromatic rings. The lowest BCUT2D eigenvalue weighted by Gasteiger charge is -2.23. The molecule has 160 valence electrons. The van der Waals surface area contributed by atoms with Gasteiger partial charge in [0.25, 0.3) is 5.91 Å². The fraction of sp³-hybridized carbons (Fsp3) is 0.545. The molecule has 3 fully saturated rings. The summed E-state index contributed by atoms with van der Waals surface area (Å²) < 4.78 is 10.5. The first-order valence-electron chi connectivity index (χ1n) is 10.5. The summed E-state index contributed by atoms with van der Waals surface area (Å²) in [6, 6.07) is 5.90. The molecule has 1 aliphatic heterocycles. The monoisotopic (exact) mass is 414 g/mol. The number of nitrogens with zero attached hydrogens (tertiary/aromatic N) is 1. The number of imide groups is 1. The third kappa shape index (κ3) is 3.44. The van der Waals surface area contributed by atoms with E-state index in [4.69, 9.17) is 9.47 Å². The summed E-state index contributed by atoms with van der Waals surface area (Å²) in [5.41, 5.74) is 0.474. The van der Waals surface area contributed by atoms with Crippen LogP contribution in [-0.2, 0) is 23.9 Å². The average molecular weight is 414 g/mol. The van der Waals surface area contributed by atoms with Crippen molar-refractivity contribution in [3.05, 3.63) is 24.3 Å². The zero-order valence-corrected chi connectivity index (χ0v) is 17.1. The van der Waals surface area contributed by atoms with Crippen LogP contribution in [0.2, 0.25) is 0 Å². The summed E-state index contributed by atoms with van der Waals surface area (Å²) >= 11 is 0. The number of amides is 3. The van der Waals surface area contributed by atoms with E-state index < -0.39 is 24.5 Å². The second kappa shape index (κ2) is 8.08. The van der Waals surface area contributed by atoms with E-state index in [0.29, 0.717) is 18.0 Å². The number of carbonyl (C=O) groups is 4. The first-order chi connectivity index (χ1) is 14.4. The molecular formula is C22H26N2O6. The molecule has 4 rings (SSSR count). The second-order valence-electron chi connectivity index (χ2n) is 8.19. The Balaban J connectivity index is 1.34. The number of hydrogen-bond acceptors (Lipinski definition) is 6. The SMILES string of the molecule is CCOc1ccccc1NC(=O)COC(=O)[C@@H](C)N1C(=O)[C@H]2[C@@H]3CC[C@@H](C3)[C@@H]2C1=O. The molecule has 1 saturated heterocycles. The van der Waals surface area contributed by atoms with E-state index in [1.165, 1.54) is 6.92 Å². The minimum Gasteiger partial charge on any atom is -0.492 e. The fourth-order valence-corrected chi connectivity index (χ4v) is 5.21. The summed E-state index contributed by atoms with van der Waals surface area (Å²) in [5.74, 6) is -1.39. The molecule has 0 aromatic heterocycles. The van der Waals surface area contributed by atoms with Crippen LogP contribution in [0.4, 0.5) is 5.69 Å². The van der Waals surface area contributed by atoms with Gasteiger partial charge in [-0.15, -0.1) is 0 Å². The maximum absolute atomic E-state index is 12.8. The van der Waals surface area contributed by atoms with Crippen molar-refractivity contribution in [2.24, 2.45) is 23.7 Å². The van der Waals surface area contributed by atoms with Gasteiger partial charge in [0, 0.05) is 0 Å². The zero-order valence-electron chi connectivity index (χ0n) is 17.1. The molecule has 2 aliphatic carbocycles. The number of carbonyl (C=O) groups excluding carboxylic acids is 4. The van der Waals surface area contributed by atoms with Gasteiger partial charge in [-0.2, -0.15) is 0 Å². The molecule has 2 bridgehead atoms. The molecule has 8 heteroatoms. The van der Waals surface area contributed by atoms with Gasteiger partial charge >= 0.3 is 5.97 Å². The Morgan fingerprint density at radius 2 is 1.77 bits per heavy atom. The van der Waals surface area contributed by atoms with Crippen molar-refractivity contribution < 1.29 is 28.7 Å². The minimum atomic E-state index is -1.04. The highest BCUT2D eigenvalue weighted by Gasteiger charge is 2.62. The predicted molar refractivity (Wildman–Crippen MR) is 106 cm³/mol. The van der Waals surface area contributed by atoms with E-state index in [2.05, 4.69) is 5.32 Å². The Labute approximate surface area is 174 Å². The first-order valence-corrected chi connectivity index (χ1v) is 10.5. The maximum Gasteiger partial charge on any atom is 0.329 e. The first kappa shape index (κ1) is 20.4. The van der Waals surface area contributed by atoms with Crippen molar-refractivity contribution in [3.63, 3.8) is 0 Å². The molecule has 0 spiro atoms. The summed E-state index contributed by atoms with van der Waals surface area (Å²) in [7, 11) is 0. The number of likely N-dealkylation sites (tertiary alicyclic amines) is 1. The van der Waals surface area contributed by atoms with Crippen LogP contribution < -0.4 is 10.1 Å². The molecule has 3 aliphatic rings. The van der Waals surface area contributed by atoms with Crippen LogP contribution in [-0.4, -0.2) is 47.8 Å². The molecule has 1 N–H and O–H groups in total. The van der Waals surface area contributed by atoms with Crippen LogP contribution >= 0.6 is 0 Å². The Bertz CT molecular complexity index is 856. The van der Waals surface area contributed by atoms with Gasteiger partial charge in [0.1, 0.15) is 11.8 Å². The molecule has 5 atom stereocenters. The lowest BCUT2D eigenvalue weighted by atomic mass is 9.81. The van der Waals surface area contributed by atoms with Gasteiger partial charge in [-0.05, 0) is 57.1 Å². The topological polar surface area (TPSA) is 102 Å². The van der Waals surface area contributed by atoms with E-state index >= 15 is 0 Å². The Kier molecular flexibility index (Phi) is 5.49. The molecule has 3 amide bonds. The van der Waals surface area contributed by atoms with Gasteiger partial charge in [-0.25, -0.2) is 4.79 Å². The summed E-state index contributed by atoms with van der Waals surface area (Å²) in [4.78, 5) is 51.4. The molecule has 8 nitrogen and oxygen atoms in total. The van der Waals surface area contributed by atoms with Crippen LogP contribution in [0.3, 0.4) is 0 Å². The maximum atomic E-state index is 12.8. The number of ether oxygens (including phenoxy) is 2. The van der Waals surface area contributed by atoms with E-state index in [0.717, 1.165) is 24.2 Å². The van der Waals surface area contributed by atoms with E-state index in [1.807, 2.05) is 6.92 Å². The van der Waals surface area contributed by atoms with E-state index in [9.17, 15) is 19.2 Å². The quantitative estimate of drug-likeness (QED) is 0.541. The number of hydrogen-bond donors (Lipinski definition) is 1. The van der Waals surface area contributed by atoms with E-state index in [1.54, 1.807) is 24.3 Å². The Hall–Kier alpha value is -2.90. The Morgan fingerprint density at radius 3 is 2.40 bits per heavy atom. The van der Waals surface area contributed by atoms with Crippen LogP contribution in [0, 0.1) is 23.7 Å². The molecule has 2 saturated carbocycles. The molecular weight excluding hydrogens is 388 g/mol. The lowest BCUT2D eigenvalue weighted by molar-refractivity contribution is -0.159. The standard InChI is InChI=1S/C22H26N2O6/c1-3-29-16-7-5-4-6-15(16)23-17(25)11-30-22(28)12(2)24-20(26)18-13-8-9-14(10-13)19(18)21(24)27/h4-7,12-14,18-19H,3,8-11H2,1-2H3,(H,23,25)/t12-,13-,14+,18+,19+/m1/s1. The highest BCUT2D eigenvalue weighted by atomic mass is 16.5. The number of anilines is 1. The number of nitrogens with one attached hydrogen (secondary N) is 1. The van der Waals surface area contributed by atoms with Crippen molar-refractivity contribution >= 4 is 29.4 Å². The van der Waals surface area contributed by atoms with Crippen molar-refractivity contribution in [1.82, 2.24) is 4.90 Å². The van der Waals surface area contributed by atoms with Gasteiger partial charge in [0.05, 0.1) is 24.1 Å². The highest BCUT2D eigenvalue weighted by Crippen LogP contribution is 2.56. The van der Waals surface area contributed by atoms with E-state index in [-0.39, 0.29) is 35.5 Å². The fourth-order valence-electron chi connectivity index (χ4n) is 5.21. The normalized spacial score (nSPS) is 27.7. The third-order valence-electron chi connectivity index (χ3n) is 6.50. The predicted octanol–water partition coefficient (Wildman–Crippen LogP) is 1.99. The number of esters is 1. The third-order valence-corrected chi connectivity index (χ3v) is 6.50. The smallest absolute Gasteiger partial charge is 0.329 e. The largest absolute Gasteiger partial charge is 0.492 e. The number of fused-ring (bicyclic) bond motifs is 5.